The standard InChI is InChI=1S/C15H28N2O2/c1-14(2)11-7-8-15(14,3)12(10-11)19-9-5-4-6-13(16)17-18/h11-12,18H,4-10H2,1-3H3,(H2,16,17). The number of ether oxygens (including phenoxy) is 1. The maximum atomic E-state index is 8.46. The summed E-state index contributed by atoms with van der Waals surface area (Å²) >= 11 is 0. The van der Waals surface area contributed by atoms with E-state index in [9.17, 15) is 0 Å². The van der Waals surface area contributed by atoms with E-state index >= 15 is 0 Å². The number of unbranched alkanes of at least 4 members (excludes halogenated alkanes) is 1. The smallest absolute Gasteiger partial charge is 0.139 e. The first-order valence-electron chi connectivity index (χ1n) is 7.50. The van der Waals surface area contributed by atoms with Crippen molar-refractivity contribution in [1.29, 1.82) is 0 Å². The summed E-state index contributed by atoms with van der Waals surface area (Å²) in [6, 6.07) is 0. The first-order chi connectivity index (χ1) is 8.91. The van der Waals surface area contributed by atoms with Gasteiger partial charge in [0.1, 0.15) is 5.84 Å². The summed E-state index contributed by atoms with van der Waals surface area (Å²) in [5.41, 5.74) is 6.22. The van der Waals surface area contributed by atoms with Crippen molar-refractivity contribution < 1.29 is 9.94 Å². The third kappa shape index (κ3) is 2.47. The highest BCUT2D eigenvalue weighted by atomic mass is 16.5. The largest absolute Gasteiger partial charge is 0.409 e. The monoisotopic (exact) mass is 268 g/mol. The molecule has 0 aliphatic heterocycles. The van der Waals surface area contributed by atoms with E-state index in [-0.39, 0.29) is 0 Å². The predicted octanol–water partition coefficient (Wildman–Crippen LogP) is 3.13. The van der Waals surface area contributed by atoms with E-state index < -0.39 is 0 Å². The average Bonchev–Trinajstić information content (AvgIpc) is 2.71. The van der Waals surface area contributed by atoms with Crippen LogP contribution in [0.4, 0.5) is 0 Å². The second-order valence-corrected chi connectivity index (χ2v) is 7.02. The average molecular weight is 268 g/mol. The molecule has 4 nitrogen and oxygen atoms in total. The van der Waals surface area contributed by atoms with E-state index in [0.29, 0.717) is 29.2 Å². The molecule has 19 heavy (non-hydrogen) atoms. The van der Waals surface area contributed by atoms with Crippen LogP contribution in [-0.2, 0) is 4.74 Å². The third-order valence-electron chi connectivity index (χ3n) is 5.99. The normalized spacial score (nSPS) is 36.9. The van der Waals surface area contributed by atoms with Crippen molar-refractivity contribution in [3.63, 3.8) is 0 Å². The minimum Gasteiger partial charge on any atom is -0.409 e. The number of hydrogen-bond donors (Lipinski definition) is 2. The Morgan fingerprint density at radius 3 is 2.63 bits per heavy atom. The van der Waals surface area contributed by atoms with Crippen molar-refractivity contribution in [1.82, 2.24) is 0 Å². The van der Waals surface area contributed by atoms with Gasteiger partial charge in [0.2, 0.25) is 0 Å². The maximum absolute atomic E-state index is 8.46. The van der Waals surface area contributed by atoms with Crippen molar-refractivity contribution >= 4 is 5.84 Å². The van der Waals surface area contributed by atoms with Gasteiger partial charge in [-0.1, -0.05) is 25.9 Å². The van der Waals surface area contributed by atoms with Gasteiger partial charge in [0.05, 0.1) is 6.10 Å². The van der Waals surface area contributed by atoms with E-state index in [4.69, 9.17) is 15.7 Å². The third-order valence-corrected chi connectivity index (χ3v) is 5.99. The molecule has 4 heteroatoms. The maximum Gasteiger partial charge on any atom is 0.139 e. The Balaban J connectivity index is 1.74. The molecule has 0 spiro atoms. The van der Waals surface area contributed by atoms with Crippen LogP contribution in [0.1, 0.15) is 59.3 Å². The van der Waals surface area contributed by atoms with Crippen molar-refractivity contribution in [2.24, 2.45) is 27.6 Å². The number of hydrogen-bond acceptors (Lipinski definition) is 3. The van der Waals surface area contributed by atoms with Gasteiger partial charge in [-0.05, 0) is 48.9 Å². The summed E-state index contributed by atoms with van der Waals surface area (Å²) in [6.45, 7) is 8.02. The van der Waals surface area contributed by atoms with Gasteiger partial charge in [-0.25, -0.2) is 0 Å². The van der Waals surface area contributed by atoms with Crippen LogP contribution in [0.3, 0.4) is 0 Å². The van der Waals surface area contributed by atoms with Crippen LogP contribution in [0.15, 0.2) is 5.16 Å². The lowest BCUT2D eigenvalue weighted by Gasteiger charge is -2.39. The molecule has 2 aliphatic rings. The number of amidine groups is 1. The molecule has 0 heterocycles. The van der Waals surface area contributed by atoms with Crippen LogP contribution in [0.2, 0.25) is 0 Å². The first kappa shape index (κ1) is 14.6. The second kappa shape index (κ2) is 5.31. The zero-order chi connectivity index (χ0) is 14.1. The highest BCUT2D eigenvalue weighted by Gasteiger charge is 2.61. The van der Waals surface area contributed by atoms with E-state index in [1.54, 1.807) is 0 Å². The highest BCUT2D eigenvalue weighted by molar-refractivity contribution is 5.79. The molecule has 2 rings (SSSR count). The van der Waals surface area contributed by atoms with E-state index in [1.807, 2.05) is 0 Å². The molecular weight excluding hydrogens is 240 g/mol. The molecule has 110 valence electrons. The lowest BCUT2D eigenvalue weighted by molar-refractivity contribution is -0.0473. The topological polar surface area (TPSA) is 67.8 Å². The summed E-state index contributed by atoms with van der Waals surface area (Å²) in [4.78, 5) is 0. The minimum atomic E-state index is 0.313. The van der Waals surface area contributed by atoms with Crippen molar-refractivity contribution in [3.05, 3.63) is 0 Å². The highest BCUT2D eigenvalue weighted by Crippen LogP contribution is 2.66. The molecule has 2 fully saturated rings. The SMILES string of the molecule is CC1(C)C2CCC1(C)C(OCCCCC(N)=NO)C2. The Hall–Kier alpha value is -0.770. The van der Waals surface area contributed by atoms with Crippen LogP contribution < -0.4 is 5.73 Å². The van der Waals surface area contributed by atoms with Crippen LogP contribution >= 0.6 is 0 Å². The van der Waals surface area contributed by atoms with Crippen molar-refractivity contribution in [2.75, 3.05) is 6.61 Å². The molecule has 0 saturated heterocycles. The summed E-state index contributed by atoms with van der Waals surface area (Å²) in [5, 5.41) is 11.4. The molecule has 3 unspecified atom stereocenters. The molecule has 3 N–H and O–H groups in total. The second-order valence-electron chi connectivity index (χ2n) is 7.02. The summed E-state index contributed by atoms with van der Waals surface area (Å²) < 4.78 is 6.15. The van der Waals surface area contributed by atoms with Crippen LogP contribution in [0.5, 0.6) is 0 Å². The fourth-order valence-corrected chi connectivity index (χ4v) is 4.07. The summed E-state index contributed by atoms with van der Waals surface area (Å²) in [7, 11) is 0. The first-order valence-corrected chi connectivity index (χ1v) is 7.50. The Labute approximate surface area is 116 Å². The predicted molar refractivity (Wildman–Crippen MR) is 76.2 cm³/mol. The quantitative estimate of drug-likeness (QED) is 0.256. The molecule has 0 radical (unpaired) electrons. The van der Waals surface area contributed by atoms with Crippen molar-refractivity contribution in [3.8, 4) is 0 Å². The van der Waals surface area contributed by atoms with Gasteiger partial charge >= 0.3 is 0 Å². The molecule has 3 atom stereocenters. The van der Waals surface area contributed by atoms with Crippen LogP contribution in [0.25, 0.3) is 0 Å². The van der Waals surface area contributed by atoms with E-state index in [0.717, 1.165) is 25.4 Å². The lowest BCUT2D eigenvalue weighted by atomic mass is 9.70. The van der Waals surface area contributed by atoms with Gasteiger partial charge in [0.15, 0.2) is 0 Å². The van der Waals surface area contributed by atoms with Gasteiger partial charge in [-0.15, -0.1) is 0 Å². The van der Waals surface area contributed by atoms with Crippen LogP contribution in [0, 0.1) is 16.7 Å². The fraction of sp³-hybridized carbons (Fsp3) is 0.933. The minimum absolute atomic E-state index is 0.313. The Morgan fingerprint density at radius 2 is 2.11 bits per heavy atom. The molecule has 0 amide bonds. The molecule has 2 saturated carbocycles. The number of nitrogens with two attached hydrogens (primary N) is 1. The Bertz CT molecular complexity index is 354. The fourth-order valence-electron chi connectivity index (χ4n) is 4.07. The van der Waals surface area contributed by atoms with E-state index in [1.165, 1.54) is 19.3 Å². The Kier molecular flexibility index (Phi) is 4.09. The lowest BCUT2D eigenvalue weighted by Crippen LogP contribution is -2.37. The zero-order valence-corrected chi connectivity index (χ0v) is 12.5. The van der Waals surface area contributed by atoms with E-state index in [2.05, 4.69) is 25.9 Å². The van der Waals surface area contributed by atoms with Crippen molar-refractivity contribution in [2.45, 2.75) is 65.4 Å². The van der Waals surface area contributed by atoms with Gasteiger partial charge in [-0.2, -0.15) is 0 Å². The zero-order valence-electron chi connectivity index (χ0n) is 12.5. The van der Waals surface area contributed by atoms with Gasteiger partial charge in [0.25, 0.3) is 0 Å². The molecule has 0 aromatic heterocycles. The molecule has 0 aromatic carbocycles. The number of oxime groups is 1. The summed E-state index contributed by atoms with van der Waals surface area (Å²) in [5.74, 6) is 1.15. The molecular formula is C15H28N2O2. The number of fused-ring (bicyclic) bond motifs is 2. The van der Waals surface area contributed by atoms with Crippen LogP contribution in [-0.4, -0.2) is 23.8 Å². The van der Waals surface area contributed by atoms with Gasteiger partial charge in [0, 0.05) is 13.0 Å². The molecule has 2 aliphatic carbocycles. The molecule has 2 bridgehead atoms. The van der Waals surface area contributed by atoms with Gasteiger partial charge < -0.3 is 15.7 Å². The number of nitrogens with zero attached hydrogens (tertiary/aromatic N) is 1. The Morgan fingerprint density at radius 1 is 1.37 bits per heavy atom. The molecule has 0 aromatic rings. The number of rotatable bonds is 6. The van der Waals surface area contributed by atoms with Gasteiger partial charge in [-0.3, -0.25) is 0 Å². The summed E-state index contributed by atoms with van der Waals surface area (Å²) in [6.07, 6.45) is 6.87.